The predicted octanol–water partition coefficient (Wildman–Crippen LogP) is 1.83. The fourth-order valence-electron chi connectivity index (χ4n) is 2.58. The van der Waals surface area contributed by atoms with Crippen molar-refractivity contribution in [3.63, 3.8) is 0 Å². The Morgan fingerprint density at radius 1 is 1.56 bits per heavy atom. The number of aliphatic hydroxyl groups excluding tert-OH is 1. The van der Waals surface area contributed by atoms with Crippen molar-refractivity contribution in [3.8, 4) is 0 Å². The third-order valence-electron chi connectivity index (χ3n) is 3.66. The van der Waals surface area contributed by atoms with E-state index < -0.39 is 0 Å². The molecule has 2 rings (SSSR count). The second-order valence-electron chi connectivity index (χ2n) is 5.06. The number of rotatable bonds is 3. The topological polar surface area (TPSA) is 35.8 Å². The Kier molecular flexibility index (Phi) is 3.77. The Morgan fingerprint density at radius 2 is 2.38 bits per heavy atom. The highest BCUT2D eigenvalue weighted by Gasteiger charge is 2.29. The third-order valence-corrected chi connectivity index (χ3v) is 3.66. The minimum absolute atomic E-state index is 0.172. The SMILES string of the molecule is CC(C)C1=CC(N2CCCC2CO)N=CC1. The molecule has 0 aromatic carbocycles. The number of allylic oxidation sites excluding steroid dienone is 1. The van der Waals surface area contributed by atoms with Crippen molar-refractivity contribution in [1.29, 1.82) is 0 Å². The van der Waals surface area contributed by atoms with Gasteiger partial charge >= 0.3 is 0 Å². The molecule has 0 aromatic rings. The zero-order valence-electron chi connectivity index (χ0n) is 10.3. The first-order valence-electron chi connectivity index (χ1n) is 6.31. The molecule has 3 nitrogen and oxygen atoms in total. The summed E-state index contributed by atoms with van der Waals surface area (Å²) in [7, 11) is 0. The van der Waals surface area contributed by atoms with Crippen LogP contribution in [0.25, 0.3) is 0 Å². The summed E-state index contributed by atoms with van der Waals surface area (Å²) in [4.78, 5) is 6.89. The van der Waals surface area contributed by atoms with Crippen molar-refractivity contribution in [2.24, 2.45) is 10.9 Å². The van der Waals surface area contributed by atoms with E-state index in [1.807, 2.05) is 6.21 Å². The van der Waals surface area contributed by atoms with Crippen LogP contribution >= 0.6 is 0 Å². The van der Waals surface area contributed by atoms with E-state index in [9.17, 15) is 5.11 Å². The lowest BCUT2D eigenvalue weighted by Gasteiger charge is -2.30. The molecule has 0 saturated carbocycles. The van der Waals surface area contributed by atoms with Crippen LogP contribution in [0.2, 0.25) is 0 Å². The first kappa shape index (κ1) is 11.8. The van der Waals surface area contributed by atoms with Crippen LogP contribution in [0.15, 0.2) is 16.6 Å². The normalized spacial score (nSPS) is 31.1. The first-order valence-corrected chi connectivity index (χ1v) is 6.31. The second kappa shape index (κ2) is 5.11. The van der Waals surface area contributed by atoms with Gasteiger partial charge in [0.15, 0.2) is 0 Å². The van der Waals surface area contributed by atoms with Crippen LogP contribution in [0.1, 0.15) is 33.1 Å². The Hall–Kier alpha value is -0.670. The molecule has 16 heavy (non-hydrogen) atoms. The van der Waals surface area contributed by atoms with E-state index in [4.69, 9.17) is 0 Å². The van der Waals surface area contributed by atoms with Crippen molar-refractivity contribution in [1.82, 2.24) is 4.90 Å². The number of dihydropyridines is 1. The molecule has 2 heterocycles. The Bertz CT molecular complexity index is 296. The van der Waals surface area contributed by atoms with Crippen LogP contribution in [0, 0.1) is 5.92 Å². The van der Waals surface area contributed by atoms with E-state index in [0.717, 1.165) is 19.4 Å². The zero-order valence-corrected chi connectivity index (χ0v) is 10.3. The molecule has 1 fully saturated rings. The maximum Gasteiger partial charge on any atom is 0.121 e. The Balaban J connectivity index is 2.08. The van der Waals surface area contributed by atoms with Gasteiger partial charge in [-0.15, -0.1) is 0 Å². The average Bonchev–Trinajstić information content (AvgIpc) is 2.77. The van der Waals surface area contributed by atoms with Gasteiger partial charge in [0.25, 0.3) is 0 Å². The molecule has 3 heteroatoms. The molecule has 0 amide bonds. The summed E-state index contributed by atoms with van der Waals surface area (Å²) in [6, 6.07) is 0.310. The summed E-state index contributed by atoms with van der Waals surface area (Å²) in [5, 5.41) is 9.33. The molecule has 90 valence electrons. The fourth-order valence-corrected chi connectivity index (χ4v) is 2.58. The maximum absolute atomic E-state index is 9.33. The molecular weight excluding hydrogens is 200 g/mol. The van der Waals surface area contributed by atoms with Crippen LogP contribution in [-0.2, 0) is 0 Å². The minimum atomic E-state index is 0.172. The van der Waals surface area contributed by atoms with Gasteiger partial charge in [0.05, 0.1) is 6.61 Å². The van der Waals surface area contributed by atoms with Gasteiger partial charge in [-0.1, -0.05) is 19.4 Å². The fraction of sp³-hybridized carbons (Fsp3) is 0.769. The summed E-state index contributed by atoms with van der Waals surface area (Å²) in [5.41, 5.74) is 1.48. The monoisotopic (exact) mass is 222 g/mol. The Morgan fingerprint density at radius 3 is 3.06 bits per heavy atom. The third kappa shape index (κ3) is 2.36. The summed E-state index contributed by atoms with van der Waals surface area (Å²) in [6.07, 6.45) is 7.78. The van der Waals surface area contributed by atoms with E-state index in [2.05, 4.69) is 29.8 Å². The molecule has 1 N–H and O–H groups in total. The van der Waals surface area contributed by atoms with Gasteiger partial charge in [-0.2, -0.15) is 0 Å². The van der Waals surface area contributed by atoms with Crippen molar-refractivity contribution in [2.75, 3.05) is 13.2 Å². The highest BCUT2D eigenvalue weighted by molar-refractivity contribution is 5.63. The molecular formula is C13H22N2O. The number of hydrogen-bond donors (Lipinski definition) is 1. The molecule has 1 saturated heterocycles. The van der Waals surface area contributed by atoms with Crippen LogP contribution in [0.5, 0.6) is 0 Å². The van der Waals surface area contributed by atoms with Gasteiger partial charge in [-0.3, -0.25) is 9.89 Å². The molecule has 2 atom stereocenters. The maximum atomic E-state index is 9.33. The van der Waals surface area contributed by atoms with Gasteiger partial charge in [-0.05, 0) is 24.8 Å². The lowest BCUT2D eigenvalue weighted by Crippen LogP contribution is -2.40. The molecule has 0 aliphatic carbocycles. The number of aliphatic hydroxyl groups is 1. The lowest BCUT2D eigenvalue weighted by atomic mass is 9.97. The smallest absolute Gasteiger partial charge is 0.121 e. The highest BCUT2D eigenvalue weighted by Crippen LogP contribution is 2.25. The van der Waals surface area contributed by atoms with Gasteiger partial charge in [0, 0.05) is 25.2 Å². The van der Waals surface area contributed by atoms with Crippen molar-refractivity contribution in [3.05, 3.63) is 11.6 Å². The van der Waals surface area contributed by atoms with Gasteiger partial charge in [0.2, 0.25) is 0 Å². The summed E-state index contributed by atoms with van der Waals surface area (Å²) in [5.74, 6) is 0.601. The average molecular weight is 222 g/mol. The van der Waals surface area contributed by atoms with E-state index >= 15 is 0 Å². The zero-order chi connectivity index (χ0) is 11.5. The molecule has 2 aliphatic heterocycles. The molecule has 2 aliphatic rings. The van der Waals surface area contributed by atoms with E-state index in [-0.39, 0.29) is 12.8 Å². The standard InChI is InChI=1S/C13H22N2O/c1-10(2)11-5-6-14-13(8-11)15-7-3-4-12(15)9-16/h6,8,10,12-13,16H,3-5,7,9H2,1-2H3. The van der Waals surface area contributed by atoms with Crippen molar-refractivity contribution in [2.45, 2.75) is 45.3 Å². The first-order chi connectivity index (χ1) is 7.72. The van der Waals surface area contributed by atoms with Crippen molar-refractivity contribution < 1.29 is 5.11 Å². The highest BCUT2D eigenvalue weighted by atomic mass is 16.3. The predicted molar refractivity (Wildman–Crippen MR) is 66.6 cm³/mol. The lowest BCUT2D eigenvalue weighted by molar-refractivity contribution is 0.138. The molecule has 0 aromatic heterocycles. The number of hydrogen-bond acceptors (Lipinski definition) is 3. The molecule has 0 spiro atoms. The van der Waals surface area contributed by atoms with E-state index in [0.29, 0.717) is 12.0 Å². The Labute approximate surface area is 97.9 Å². The van der Waals surface area contributed by atoms with Gasteiger partial charge < -0.3 is 5.11 Å². The van der Waals surface area contributed by atoms with Crippen LogP contribution in [0.4, 0.5) is 0 Å². The summed E-state index contributed by atoms with van der Waals surface area (Å²) in [6.45, 7) is 5.79. The number of likely N-dealkylation sites (tertiary alicyclic amines) is 1. The summed E-state index contributed by atoms with van der Waals surface area (Å²) < 4.78 is 0. The largest absolute Gasteiger partial charge is 0.395 e. The van der Waals surface area contributed by atoms with Crippen LogP contribution in [-0.4, -0.2) is 41.6 Å². The number of nitrogens with zero attached hydrogens (tertiary/aromatic N) is 2. The number of aliphatic imine (C=N–C) groups is 1. The van der Waals surface area contributed by atoms with Gasteiger partial charge in [0.1, 0.15) is 6.17 Å². The van der Waals surface area contributed by atoms with Crippen LogP contribution in [0.3, 0.4) is 0 Å². The van der Waals surface area contributed by atoms with E-state index in [1.165, 1.54) is 12.0 Å². The quantitative estimate of drug-likeness (QED) is 0.739. The minimum Gasteiger partial charge on any atom is -0.395 e. The van der Waals surface area contributed by atoms with Crippen molar-refractivity contribution >= 4 is 6.21 Å². The molecule has 0 bridgehead atoms. The molecule has 2 unspecified atom stereocenters. The second-order valence-corrected chi connectivity index (χ2v) is 5.06. The molecule has 0 radical (unpaired) electrons. The van der Waals surface area contributed by atoms with Gasteiger partial charge in [-0.25, -0.2) is 0 Å². The van der Waals surface area contributed by atoms with Crippen LogP contribution < -0.4 is 0 Å². The summed E-state index contributed by atoms with van der Waals surface area (Å²) >= 11 is 0. The van der Waals surface area contributed by atoms with E-state index in [1.54, 1.807) is 0 Å².